The molecule has 0 aliphatic rings. The van der Waals surface area contributed by atoms with Crippen LogP contribution in [0.15, 0.2) is 48.5 Å². The van der Waals surface area contributed by atoms with Crippen LogP contribution in [-0.2, 0) is 6.54 Å². The molecule has 0 aliphatic heterocycles. The smallest absolute Gasteiger partial charge is 0.335 e. The maximum atomic E-state index is 13.1. The third-order valence-corrected chi connectivity index (χ3v) is 2.84. The quantitative estimate of drug-likeness (QED) is 0.916. The van der Waals surface area contributed by atoms with Crippen molar-refractivity contribution in [2.24, 2.45) is 0 Å². The van der Waals surface area contributed by atoms with Crippen LogP contribution in [-0.4, -0.2) is 18.1 Å². The van der Waals surface area contributed by atoms with Gasteiger partial charge >= 0.3 is 5.97 Å². The minimum atomic E-state index is -0.949. The Labute approximate surface area is 110 Å². The lowest BCUT2D eigenvalue weighted by Crippen LogP contribution is -2.16. The lowest BCUT2D eigenvalue weighted by molar-refractivity contribution is 0.0696. The molecule has 2 aromatic rings. The van der Waals surface area contributed by atoms with Crippen LogP contribution < -0.4 is 4.90 Å². The molecular formula is C15H14FNO2. The number of nitrogens with zero attached hydrogens (tertiary/aromatic N) is 1. The molecule has 0 amide bonds. The molecule has 3 nitrogen and oxygen atoms in total. The van der Waals surface area contributed by atoms with E-state index in [1.807, 2.05) is 24.1 Å². The fraction of sp³-hybridized carbons (Fsp3) is 0.133. The number of aromatic carboxylic acids is 1. The van der Waals surface area contributed by atoms with Gasteiger partial charge in [0.15, 0.2) is 0 Å². The van der Waals surface area contributed by atoms with E-state index in [0.717, 1.165) is 11.3 Å². The normalized spacial score (nSPS) is 10.2. The molecule has 0 heterocycles. The maximum absolute atomic E-state index is 13.1. The highest BCUT2D eigenvalue weighted by molar-refractivity contribution is 5.87. The van der Waals surface area contributed by atoms with Gasteiger partial charge in [0.25, 0.3) is 0 Å². The van der Waals surface area contributed by atoms with Crippen molar-refractivity contribution in [3.05, 3.63) is 65.5 Å². The van der Waals surface area contributed by atoms with E-state index in [1.54, 1.807) is 24.3 Å². The molecule has 19 heavy (non-hydrogen) atoms. The van der Waals surface area contributed by atoms with E-state index in [-0.39, 0.29) is 11.4 Å². The summed E-state index contributed by atoms with van der Waals surface area (Å²) in [5.74, 6) is -1.24. The second kappa shape index (κ2) is 5.52. The first-order chi connectivity index (χ1) is 9.06. The number of carboxylic acids is 1. The maximum Gasteiger partial charge on any atom is 0.335 e. The minimum absolute atomic E-state index is 0.255. The summed E-state index contributed by atoms with van der Waals surface area (Å²) in [5.41, 5.74) is 1.87. The minimum Gasteiger partial charge on any atom is -0.478 e. The van der Waals surface area contributed by atoms with Gasteiger partial charge in [-0.1, -0.05) is 18.2 Å². The summed E-state index contributed by atoms with van der Waals surface area (Å²) in [7, 11) is 1.84. The van der Waals surface area contributed by atoms with E-state index in [2.05, 4.69) is 0 Å². The molecule has 0 fully saturated rings. The first kappa shape index (κ1) is 13.1. The molecule has 0 spiro atoms. The van der Waals surface area contributed by atoms with Gasteiger partial charge in [0.05, 0.1) is 5.56 Å². The summed E-state index contributed by atoms with van der Waals surface area (Å²) in [6.45, 7) is 0.518. The summed E-state index contributed by atoms with van der Waals surface area (Å²) in [6.07, 6.45) is 0. The SMILES string of the molecule is CN(Cc1cccc(C(=O)O)c1)c1cccc(F)c1. The zero-order valence-electron chi connectivity index (χ0n) is 10.5. The molecule has 2 rings (SSSR count). The average molecular weight is 259 g/mol. The lowest BCUT2D eigenvalue weighted by Gasteiger charge is -2.19. The molecule has 0 aliphatic carbocycles. The van der Waals surface area contributed by atoms with E-state index in [0.29, 0.717) is 6.54 Å². The fourth-order valence-corrected chi connectivity index (χ4v) is 1.88. The fourth-order valence-electron chi connectivity index (χ4n) is 1.88. The Morgan fingerprint density at radius 2 is 1.95 bits per heavy atom. The van der Waals surface area contributed by atoms with Gasteiger partial charge in [-0.15, -0.1) is 0 Å². The topological polar surface area (TPSA) is 40.5 Å². The first-order valence-corrected chi connectivity index (χ1v) is 5.85. The second-order valence-electron chi connectivity index (χ2n) is 4.34. The van der Waals surface area contributed by atoms with E-state index in [1.165, 1.54) is 12.1 Å². The van der Waals surface area contributed by atoms with E-state index in [4.69, 9.17) is 5.11 Å². The Morgan fingerprint density at radius 3 is 2.63 bits per heavy atom. The van der Waals surface area contributed by atoms with E-state index < -0.39 is 5.97 Å². The molecule has 0 saturated carbocycles. The van der Waals surface area contributed by atoms with Crippen LogP contribution in [0.1, 0.15) is 15.9 Å². The summed E-state index contributed by atoms with van der Waals surface area (Å²) in [6, 6.07) is 13.0. The number of hydrogen-bond acceptors (Lipinski definition) is 2. The Hall–Kier alpha value is -2.36. The van der Waals surface area contributed by atoms with Crippen LogP contribution >= 0.6 is 0 Å². The number of carboxylic acid groups (broad SMARTS) is 1. The van der Waals surface area contributed by atoms with Crippen LogP contribution in [0.5, 0.6) is 0 Å². The lowest BCUT2D eigenvalue weighted by atomic mass is 10.1. The third kappa shape index (κ3) is 3.31. The van der Waals surface area contributed by atoms with Gasteiger partial charge in [0.1, 0.15) is 5.82 Å². The number of hydrogen-bond donors (Lipinski definition) is 1. The van der Waals surface area contributed by atoms with Crippen LogP contribution in [0.4, 0.5) is 10.1 Å². The Bertz CT molecular complexity index is 598. The number of rotatable bonds is 4. The molecule has 1 N–H and O–H groups in total. The van der Waals surface area contributed by atoms with Crippen molar-refractivity contribution in [1.82, 2.24) is 0 Å². The molecule has 0 radical (unpaired) electrons. The van der Waals surface area contributed by atoms with Gasteiger partial charge in [-0.05, 0) is 35.9 Å². The molecule has 98 valence electrons. The predicted molar refractivity (Wildman–Crippen MR) is 71.9 cm³/mol. The Morgan fingerprint density at radius 1 is 1.21 bits per heavy atom. The summed E-state index contributed by atoms with van der Waals surface area (Å²) >= 11 is 0. The third-order valence-electron chi connectivity index (χ3n) is 2.84. The monoisotopic (exact) mass is 259 g/mol. The average Bonchev–Trinajstić information content (AvgIpc) is 2.39. The highest BCUT2D eigenvalue weighted by Crippen LogP contribution is 2.17. The second-order valence-corrected chi connectivity index (χ2v) is 4.34. The van der Waals surface area contributed by atoms with Gasteiger partial charge in [0.2, 0.25) is 0 Å². The highest BCUT2D eigenvalue weighted by atomic mass is 19.1. The zero-order chi connectivity index (χ0) is 13.8. The molecule has 0 saturated heterocycles. The van der Waals surface area contributed by atoms with Crippen molar-refractivity contribution in [3.8, 4) is 0 Å². The summed E-state index contributed by atoms with van der Waals surface area (Å²) in [5, 5.41) is 8.93. The first-order valence-electron chi connectivity index (χ1n) is 5.85. The van der Waals surface area contributed by atoms with Crippen molar-refractivity contribution in [3.63, 3.8) is 0 Å². The van der Waals surface area contributed by atoms with Gasteiger partial charge < -0.3 is 10.0 Å². The molecule has 2 aromatic carbocycles. The Balaban J connectivity index is 2.17. The largest absolute Gasteiger partial charge is 0.478 e. The standard InChI is InChI=1S/C15H14FNO2/c1-17(14-7-3-6-13(16)9-14)10-11-4-2-5-12(8-11)15(18)19/h2-9H,10H2,1H3,(H,18,19). The van der Waals surface area contributed by atoms with Gasteiger partial charge in [-0.2, -0.15) is 0 Å². The van der Waals surface area contributed by atoms with E-state index in [9.17, 15) is 9.18 Å². The molecule has 0 aromatic heterocycles. The Kier molecular flexibility index (Phi) is 3.80. The van der Waals surface area contributed by atoms with Crippen LogP contribution in [0.25, 0.3) is 0 Å². The van der Waals surface area contributed by atoms with Gasteiger partial charge in [-0.25, -0.2) is 9.18 Å². The van der Waals surface area contributed by atoms with Crippen molar-refractivity contribution in [1.29, 1.82) is 0 Å². The molecular weight excluding hydrogens is 245 g/mol. The number of anilines is 1. The predicted octanol–water partition coefficient (Wildman–Crippen LogP) is 3.16. The molecule has 0 bridgehead atoms. The zero-order valence-corrected chi connectivity index (χ0v) is 10.5. The summed E-state index contributed by atoms with van der Waals surface area (Å²) in [4.78, 5) is 12.8. The van der Waals surface area contributed by atoms with Crippen molar-refractivity contribution >= 4 is 11.7 Å². The molecule has 0 atom stereocenters. The molecule has 0 unspecified atom stereocenters. The van der Waals surface area contributed by atoms with Crippen LogP contribution in [0.2, 0.25) is 0 Å². The van der Waals surface area contributed by atoms with Crippen LogP contribution in [0.3, 0.4) is 0 Å². The molecule has 4 heteroatoms. The van der Waals surface area contributed by atoms with Gasteiger partial charge in [-0.3, -0.25) is 0 Å². The van der Waals surface area contributed by atoms with Crippen molar-refractivity contribution in [2.45, 2.75) is 6.54 Å². The van der Waals surface area contributed by atoms with Crippen molar-refractivity contribution < 1.29 is 14.3 Å². The van der Waals surface area contributed by atoms with Crippen LogP contribution in [0, 0.1) is 5.82 Å². The van der Waals surface area contributed by atoms with Crippen molar-refractivity contribution in [2.75, 3.05) is 11.9 Å². The highest BCUT2D eigenvalue weighted by Gasteiger charge is 2.06. The number of halogens is 1. The van der Waals surface area contributed by atoms with Gasteiger partial charge in [0, 0.05) is 19.3 Å². The summed E-state index contributed by atoms with van der Waals surface area (Å²) < 4.78 is 13.1. The van der Waals surface area contributed by atoms with E-state index >= 15 is 0 Å². The number of carbonyl (C=O) groups is 1. The number of benzene rings is 2.